The third-order valence-electron chi connectivity index (χ3n) is 5.24. The fourth-order valence-corrected chi connectivity index (χ4v) is 4.22. The molecule has 1 aliphatic carbocycles. The normalized spacial score (nSPS) is 15.6. The number of carbonyl (C=O) groups is 1. The lowest BCUT2D eigenvalue weighted by Crippen LogP contribution is -2.31. The van der Waals surface area contributed by atoms with Gasteiger partial charge in [-0.05, 0) is 49.6 Å². The average Bonchev–Trinajstić information content (AvgIpc) is 2.73. The molecule has 0 spiro atoms. The van der Waals surface area contributed by atoms with Crippen molar-refractivity contribution in [2.45, 2.75) is 33.6 Å². The van der Waals surface area contributed by atoms with Gasteiger partial charge in [-0.2, -0.15) is 0 Å². The van der Waals surface area contributed by atoms with Gasteiger partial charge in [0.2, 0.25) is 0 Å². The summed E-state index contributed by atoms with van der Waals surface area (Å²) in [6, 6.07) is 9.58. The zero-order chi connectivity index (χ0) is 21.2. The van der Waals surface area contributed by atoms with Crippen LogP contribution in [0.2, 0.25) is 0 Å². The van der Waals surface area contributed by atoms with Crippen molar-refractivity contribution < 1.29 is 14.3 Å². The van der Waals surface area contributed by atoms with Gasteiger partial charge in [-0.15, -0.1) is 0 Å². The first-order valence-electron chi connectivity index (χ1n) is 9.60. The highest BCUT2D eigenvalue weighted by atomic mass is 32.2. The summed E-state index contributed by atoms with van der Waals surface area (Å²) in [5, 5.41) is 0. The molecule has 0 N–H and O–H groups in total. The second-order valence-electron chi connectivity index (χ2n) is 7.68. The zero-order valence-corrected chi connectivity index (χ0v) is 18.5. The highest BCUT2D eigenvalue weighted by Crippen LogP contribution is 2.41. The van der Waals surface area contributed by atoms with E-state index in [-0.39, 0.29) is 11.2 Å². The monoisotopic (exact) mass is 409 g/mol. The summed E-state index contributed by atoms with van der Waals surface area (Å²) >= 11 is 1.55. The molecule has 0 bridgehead atoms. The average molecular weight is 410 g/mol. The first kappa shape index (κ1) is 21.2. The maximum Gasteiger partial charge on any atom is 0.170 e. The maximum absolute atomic E-state index is 12.6. The van der Waals surface area contributed by atoms with E-state index in [0.717, 1.165) is 56.7 Å². The molecule has 0 amide bonds. The van der Waals surface area contributed by atoms with E-state index in [4.69, 9.17) is 14.5 Å². The smallest absolute Gasteiger partial charge is 0.170 e. The van der Waals surface area contributed by atoms with Gasteiger partial charge in [0.05, 0.1) is 25.6 Å². The molecule has 152 valence electrons. The minimum absolute atomic E-state index is 0.175. The van der Waals surface area contributed by atoms with Crippen LogP contribution >= 0.6 is 11.8 Å². The number of methoxy groups -OCH3 is 2. The molecule has 5 heteroatoms. The first-order valence-corrected chi connectivity index (χ1v) is 10.4. The van der Waals surface area contributed by atoms with Gasteiger partial charge < -0.3 is 9.47 Å². The van der Waals surface area contributed by atoms with Crippen molar-refractivity contribution in [3.8, 4) is 11.5 Å². The number of fused-ring (bicyclic) bond motifs is 1. The number of allylic oxidation sites excluding steroid dienone is 1. The summed E-state index contributed by atoms with van der Waals surface area (Å²) in [7, 11) is 3.28. The molecular formula is C24H27NO3S. The second-order valence-corrected chi connectivity index (χ2v) is 8.82. The third-order valence-corrected chi connectivity index (χ3v) is 6.38. The quantitative estimate of drug-likeness (QED) is 0.584. The van der Waals surface area contributed by atoms with E-state index in [9.17, 15) is 4.79 Å². The largest absolute Gasteiger partial charge is 0.497 e. The van der Waals surface area contributed by atoms with Crippen LogP contribution in [0.4, 0.5) is 0 Å². The van der Waals surface area contributed by atoms with Crippen molar-refractivity contribution in [3.63, 3.8) is 0 Å². The molecule has 1 aliphatic rings. The van der Waals surface area contributed by atoms with Crippen molar-refractivity contribution >= 4 is 27.4 Å². The molecule has 0 unspecified atom stereocenters. The molecule has 0 aliphatic heterocycles. The van der Waals surface area contributed by atoms with Crippen LogP contribution in [0.5, 0.6) is 11.5 Å². The van der Waals surface area contributed by atoms with Crippen molar-refractivity contribution in [3.05, 3.63) is 65.5 Å². The fourth-order valence-electron chi connectivity index (χ4n) is 3.38. The predicted octanol–water partition coefficient (Wildman–Crippen LogP) is 6.02. The van der Waals surface area contributed by atoms with Crippen LogP contribution in [0.25, 0.3) is 9.81 Å². The van der Waals surface area contributed by atoms with E-state index in [1.165, 1.54) is 0 Å². The molecule has 3 rings (SSSR count). The predicted molar refractivity (Wildman–Crippen MR) is 120 cm³/mol. The number of aryl methyl sites for hydroxylation is 1. The minimum Gasteiger partial charge on any atom is -0.497 e. The summed E-state index contributed by atoms with van der Waals surface area (Å²) in [6.45, 7) is 10.2. The molecule has 0 atom stereocenters. The van der Waals surface area contributed by atoms with Gasteiger partial charge >= 0.3 is 0 Å². The van der Waals surface area contributed by atoms with Crippen molar-refractivity contribution in [1.29, 1.82) is 0 Å². The Hall–Kier alpha value is -2.53. The molecule has 0 fully saturated rings. The van der Waals surface area contributed by atoms with E-state index in [0.29, 0.717) is 0 Å². The highest BCUT2D eigenvalue weighted by Gasteiger charge is 2.34. The number of hydrogen-bond donors (Lipinski definition) is 0. The molecule has 0 saturated heterocycles. The molecule has 1 aromatic heterocycles. The molecule has 1 aromatic carbocycles. The van der Waals surface area contributed by atoms with Crippen LogP contribution in [0.3, 0.4) is 0 Å². The molecule has 0 radical (unpaired) electrons. The Labute approximate surface area is 177 Å². The lowest BCUT2D eigenvalue weighted by atomic mass is 9.75. The number of ether oxygens (including phenoxy) is 2. The minimum atomic E-state index is -0.314. The van der Waals surface area contributed by atoms with Crippen LogP contribution in [-0.4, -0.2) is 25.0 Å². The van der Waals surface area contributed by atoms with Gasteiger partial charge in [-0.3, -0.25) is 9.78 Å². The number of pyridine rings is 1. The van der Waals surface area contributed by atoms with Crippen LogP contribution in [0.1, 0.15) is 54.5 Å². The van der Waals surface area contributed by atoms with Gasteiger partial charge in [0.15, 0.2) is 5.78 Å². The number of hydrogen-bond acceptors (Lipinski definition) is 5. The van der Waals surface area contributed by atoms with Crippen molar-refractivity contribution in [2.75, 3.05) is 14.2 Å². The van der Waals surface area contributed by atoms with E-state index >= 15 is 0 Å². The summed E-state index contributed by atoms with van der Waals surface area (Å²) < 4.78 is 10.8. The van der Waals surface area contributed by atoms with Gasteiger partial charge in [-0.1, -0.05) is 38.3 Å². The number of ketones is 1. The van der Waals surface area contributed by atoms with E-state index in [1.807, 2.05) is 57.2 Å². The number of carbonyl (C=O) groups excluding carboxylic acids is 1. The second kappa shape index (κ2) is 8.46. The molecule has 0 saturated carbocycles. The number of rotatable bonds is 6. The molecule has 4 nitrogen and oxygen atoms in total. The van der Waals surface area contributed by atoms with Gasteiger partial charge in [0, 0.05) is 26.9 Å². The van der Waals surface area contributed by atoms with Crippen molar-refractivity contribution in [2.24, 2.45) is 5.41 Å². The lowest BCUT2D eigenvalue weighted by Gasteiger charge is -2.29. The fraction of sp³-hybridized carbons (Fsp3) is 0.333. The standard InChI is InChI=1S/C24H27NO3S/c1-7-22(16-12-17(27-5)14-18(13-16)28-6)29-15(2)20-9-8-19-21(25-20)10-11-24(3,4)23(19)26/h7-9,12-14H,2,10-11H2,1,3-6H3/b22-7-. The van der Waals surface area contributed by atoms with E-state index in [2.05, 4.69) is 6.58 Å². The zero-order valence-electron chi connectivity index (χ0n) is 17.7. The highest BCUT2D eigenvalue weighted by molar-refractivity contribution is 8.16. The van der Waals surface area contributed by atoms with E-state index < -0.39 is 0 Å². The Morgan fingerprint density at radius 3 is 2.41 bits per heavy atom. The summed E-state index contributed by atoms with van der Waals surface area (Å²) in [6.07, 6.45) is 3.66. The molecule has 1 heterocycles. The third kappa shape index (κ3) is 4.40. The van der Waals surface area contributed by atoms with Crippen LogP contribution in [0.15, 0.2) is 43.0 Å². The number of Topliss-reactive ketones (excluding diaryl/α,β-unsaturated/α-hetero) is 1. The summed E-state index contributed by atoms with van der Waals surface area (Å²) in [5.74, 6) is 1.64. The number of nitrogens with zero attached hydrogens (tertiary/aromatic N) is 1. The maximum atomic E-state index is 12.6. The Morgan fingerprint density at radius 1 is 1.17 bits per heavy atom. The number of benzene rings is 1. The topological polar surface area (TPSA) is 48.4 Å². The number of aromatic nitrogens is 1. The lowest BCUT2D eigenvalue weighted by molar-refractivity contribution is 0.0809. The first-order chi connectivity index (χ1) is 13.8. The van der Waals surface area contributed by atoms with Crippen LogP contribution in [0, 0.1) is 5.41 Å². The summed E-state index contributed by atoms with van der Waals surface area (Å²) in [5.41, 5.74) is 3.09. The van der Waals surface area contributed by atoms with Gasteiger partial charge in [0.1, 0.15) is 11.5 Å². The number of thioether (sulfide) groups is 1. The van der Waals surface area contributed by atoms with Gasteiger partial charge in [0.25, 0.3) is 0 Å². The van der Waals surface area contributed by atoms with Crippen molar-refractivity contribution in [1.82, 2.24) is 4.98 Å². The van der Waals surface area contributed by atoms with Crippen LogP contribution < -0.4 is 9.47 Å². The SMILES string of the molecule is C=C(S/C(=C\C)c1cc(OC)cc(OC)c1)c1ccc2c(n1)CCC(C)(C)C2=O. The summed E-state index contributed by atoms with van der Waals surface area (Å²) in [4.78, 5) is 19.3. The van der Waals surface area contributed by atoms with E-state index in [1.54, 1.807) is 26.0 Å². The Bertz CT molecular complexity index is 969. The van der Waals surface area contributed by atoms with Crippen LogP contribution in [-0.2, 0) is 6.42 Å². The molecular weight excluding hydrogens is 382 g/mol. The van der Waals surface area contributed by atoms with Gasteiger partial charge in [-0.25, -0.2) is 0 Å². The Balaban J connectivity index is 1.86. The Morgan fingerprint density at radius 2 is 1.83 bits per heavy atom. The molecule has 29 heavy (non-hydrogen) atoms. The molecule has 2 aromatic rings. The Kier molecular flexibility index (Phi) is 6.18.